The third kappa shape index (κ3) is 2.31. The van der Waals surface area contributed by atoms with Crippen molar-refractivity contribution in [1.82, 2.24) is 4.98 Å². The zero-order chi connectivity index (χ0) is 11.4. The summed E-state index contributed by atoms with van der Waals surface area (Å²) in [5, 5.41) is 0.701. The molecule has 0 saturated carbocycles. The fourth-order valence-corrected chi connectivity index (χ4v) is 1.72. The van der Waals surface area contributed by atoms with E-state index in [1.165, 1.54) is 0 Å². The Morgan fingerprint density at radius 1 is 1.00 bits per heavy atom. The molecule has 0 fully saturated rings. The third-order valence-electron chi connectivity index (χ3n) is 2.43. The number of hydrogen-bond acceptors (Lipinski definition) is 1. The molecule has 1 heterocycles. The van der Waals surface area contributed by atoms with E-state index in [-0.39, 0.29) is 0 Å². The highest BCUT2D eigenvalue weighted by molar-refractivity contribution is 6.52. The van der Waals surface area contributed by atoms with Gasteiger partial charge < -0.3 is 0 Å². The average Bonchev–Trinajstić information content (AvgIpc) is 2.39. The van der Waals surface area contributed by atoms with Gasteiger partial charge in [0.05, 0.1) is 10.7 Å². The normalized spacial score (nSPS) is 12.1. The standard InChI is InChI=1S/C14H12ClN/c1-11(12-7-3-2-4-8-12)14(15)13-9-5-6-10-16-13/h2-10H,1H3. The zero-order valence-corrected chi connectivity index (χ0v) is 9.78. The van der Waals surface area contributed by atoms with Gasteiger partial charge in [-0.15, -0.1) is 0 Å². The van der Waals surface area contributed by atoms with Crippen LogP contribution < -0.4 is 0 Å². The average molecular weight is 230 g/mol. The summed E-state index contributed by atoms with van der Waals surface area (Å²) in [6.07, 6.45) is 1.75. The van der Waals surface area contributed by atoms with Gasteiger partial charge in [0, 0.05) is 6.20 Å². The van der Waals surface area contributed by atoms with Crippen molar-refractivity contribution in [3.05, 3.63) is 66.0 Å². The largest absolute Gasteiger partial charge is 0.255 e. The van der Waals surface area contributed by atoms with Crippen LogP contribution in [-0.2, 0) is 0 Å². The minimum atomic E-state index is 0.701. The van der Waals surface area contributed by atoms with Gasteiger partial charge in [-0.3, -0.25) is 4.98 Å². The molecule has 1 aromatic heterocycles. The molecule has 1 aromatic carbocycles. The van der Waals surface area contributed by atoms with E-state index in [0.717, 1.165) is 16.8 Å². The molecular weight excluding hydrogens is 218 g/mol. The first-order valence-corrected chi connectivity index (χ1v) is 5.50. The summed E-state index contributed by atoms with van der Waals surface area (Å²) in [5.74, 6) is 0. The molecule has 0 bridgehead atoms. The van der Waals surface area contributed by atoms with Crippen LogP contribution in [0.1, 0.15) is 18.2 Å². The van der Waals surface area contributed by atoms with Crippen LogP contribution in [0.25, 0.3) is 10.6 Å². The molecule has 0 N–H and O–H groups in total. The summed E-state index contributed by atoms with van der Waals surface area (Å²) in [6.45, 7) is 2.01. The van der Waals surface area contributed by atoms with Crippen LogP contribution in [0.4, 0.5) is 0 Å². The van der Waals surface area contributed by atoms with E-state index in [1.807, 2.05) is 55.5 Å². The number of aromatic nitrogens is 1. The monoisotopic (exact) mass is 229 g/mol. The summed E-state index contributed by atoms with van der Waals surface area (Å²) < 4.78 is 0. The lowest BCUT2D eigenvalue weighted by Gasteiger charge is -2.05. The summed E-state index contributed by atoms with van der Waals surface area (Å²) in [5.41, 5.74) is 2.98. The fourth-order valence-electron chi connectivity index (χ4n) is 1.50. The molecule has 0 saturated heterocycles. The van der Waals surface area contributed by atoms with Gasteiger partial charge in [0.1, 0.15) is 0 Å². The number of pyridine rings is 1. The van der Waals surface area contributed by atoms with Gasteiger partial charge in [-0.1, -0.05) is 48.0 Å². The quantitative estimate of drug-likeness (QED) is 0.752. The van der Waals surface area contributed by atoms with Crippen LogP contribution >= 0.6 is 11.6 Å². The Bertz CT molecular complexity index is 441. The van der Waals surface area contributed by atoms with Crippen LogP contribution in [0.5, 0.6) is 0 Å². The van der Waals surface area contributed by atoms with Gasteiger partial charge in [0.25, 0.3) is 0 Å². The van der Waals surface area contributed by atoms with Gasteiger partial charge in [0.15, 0.2) is 0 Å². The van der Waals surface area contributed by atoms with Gasteiger partial charge >= 0.3 is 0 Å². The van der Waals surface area contributed by atoms with Crippen LogP contribution in [-0.4, -0.2) is 4.98 Å². The Morgan fingerprint density at radius 2 is 1.69 bits per heavy atom. The maximum Gasteiger partial charge on any atom is 0.0818 e. The maximum atomic E-state index is 6.31. The lowest BCUT2D eigenvalue weighted by molar-refractivity contribution is 1.29. The smallest absolute Gasteiger partial charge is 0.0818 e. The molecule has 16 heavy (non-hydrogen) atoms. The van der Waals surface area contributed by atoms with E-state index < -0.39 is 0 Å². The molecule has 0 spiro atoms. The second-order valence-electron chi connectivity index (χ2n) is 3.52. The zero-order valence-electron chi connectivity index (χ0n) is 9.02. The van der Waals surface area contributed by atoms with Gasteiger partial charge in [-0.05, 0) is 30.2 Å². The minimum absolute atomic E-state index is 0.701. The van der Waals surface area contributed by atoms with Crippen LogP contribution in [0.15, 0.2) is 54.7 Å². The minimum Gasteiger partial charge on any atom is -0.255 e. The Balaban J connectivity index is 2.43. The first-order chi connectivity index (χ1) is 7.79. The molecule has 2 heteroatoms. The molecule has 0 aliphatic carbocycles. The molecule has 80 valence electrons. The second kappa shape index (κ2) is 4.95. The highest BCUT2D eigenvalue weighted by atomic mass is 35.5. The molecular formula is C14H12ClN. The Morgan fingerprint density at radius 3 is 2.31 bits per heavy atom. The molecule has 1 nitrogen and oxygen atoms in total. The summed E-state index contributed by atoms with van der Waals surface area (Å²) in [7, 11) is 0. The van der Waals surface area contributed by atoms with E-state index in [9.17, 15) is 0 Å². The SMILES string of the molecule is CC(=C(Cl)c1ccccn1)c1ccccc1. The predicted octanol–water partition coefficient (Wildman–Crippen LogP) is 4.21. The molecule has 0 radical (unpaired) electrons. The Labute approximate surface area is 100 Å². The van der Waals surface area contributed by atoms with Crippen molar-refractivity contribution < 1.29 is 0 Å². The molecule has 2 rings (SSSR count). The molecule has 2 aromatic rings. The highest BCUT2D eigenvalue weighted by Crippen LogP contribution is 2.27. The lowest BCUT2D eigenvalue weighted by Crippen LogP contribution is -1.86. The number of halogens is 1. The highest BCUT2D eigenvalue weighted by Gasteiger charge is 2.05. The summed E-state index contributed by atoms with van der Waals surface area (Å²) in [4.78, 5) is 4.24. The maximum absolute atomic E-state index is 6.31. The molecule has 0 atom stereocenters. The Kier molecular flexibility index (Phi) is 3.37. The van der Waals surface area contributed by atoms with E-state index in [4.69, 9.17) is 11.6 Å². The van der Waals surface area contributed by atoms with Crippen molar-refractivity contribution in [1.29, 1.82) is 0 Å². The lowest BCUT2D eigenvalue weighted by atomic mass is 10.1. The van der Waals surface area contributed by atoms with Crippen molar-refractivity contribution in [2.75, 3.05) is 0 Å². The predicted molar refractivity (Wildman–Crippen MR) is 69.0 cm³/mol. The number of nitrogens with zero attached hydrogens (tertiary/aromatic N) is 1. The second-order valence-corrected chi connectivity index (χ2v) is 3.90. The fraction of sp³-hybridized carbons (Fsp3) is 0.0714. The molecule has 0 amide bonds. The topological polar surface area (TPSA) is 12.9 Å². The first kappa shape index (κ1) is 10.9. The number of rotatable bonds is 2. The number of allylic oxidation sites excluding steroid dienone is 1. The number of benzene rings is 1. The Hall–Kier alpha value is -1.60. The van der Waals surface area contributed by atoms with Crippen molar-refractivity contribution in [3.8, 4) is 0 Å². The summed E-state index contributed by atoms with van der Waals surface area (Å²) >= 11 is 6.31. The molecule has 0 unspecified atom stereocenters. The van der Waals surface area contributed by atoms with Gasteiger partial charge in [-0.2, -0.15) is 0 Å². The van der Waals surface area contributed by atoms with Crippen LogP contribution in [0, 0.1) is 0 Å². The number of hydrogen-bond donors (Lipinski definition) is 0. The third-order valence-corrected chi connectivity index (χ3v) is 2.90. The van der Waals surface area contributed by atoms with Crippen molar-refractivity contribution in [3.63, 3.8) is 0 Å². The molecule has 0 aliphatic rings. The molecule has 0 aliphatic heterocycles. The van der Waals surface area contributed by atoms with Gasteiger partial charge in [-0.25, -0.2) is 0 Å². The van der Waals surface area contributed by atoms with Crippen LogP contribution in [0.2, 0.25) is 0 Å². The van der Waals surface area contributed by atoms with E-state index in [0.29, 0.717) is 5.03 Å². The van der Waals surface area contributed by atoms with Crippen molar-refractivity contribution in [2.45, 2.75) is 6.92 Å². The van der Waals surface area contributed by atoms with Crippen molar-refractivity contribution >= 4 is 22.2 Å². The van der Waals surface area contributed by atoms with Crippen molar-refractivity contribution in [2.24, 2.45) is 0 Å². The summed E-state index contributed by atoms with van der Waals surface area (Å²) in [6, 6.07) is 15.8. The van der Waals surface area contributed by atoms with E-state index in [1.54, 1.807) is 6.20 Å². The van der Waals surface area contributed by atoms with E-state index >= 15 is 0 Å². The van der Waals surface area contributed by atoms with Gasteiger partial charge in [0.2, 0.25) is 0 Å². The van der Waals surface area contributed by atoms with Crippen LogP contribution in [0.3, 0.4) is 0 Å². The van der Waals surface area contributed by atoms with E-state index in [2.05, 4.69) is 4.98 Å². The first-order valence-electron chi connectivity index (χ1n) is 5.12.